The summed E-state index contributed by atoms with van der Waals surface area (Å²) in [5.41, 5.74) is 1.11. The molecule has 1 heterocycles. The fourth-order valence-corrected chi connectivity index (χ4v) is 3.74. The van der Waals surface area contributed by atoms with Crippen LogP contribution < -0.4 is 5.32 Å². The van der Waals surface area contributed by atoms with Gasteiger partial charge in [0.1, 0.15) is 6.04 Å². The third-order valence-corrected chi connectivity index (χ3v) is 5.34. The Balaban J connectivity index is 1.99. The second kappa shape index (κ2) is 16.0. The molecule has 1 aromatic carbocycles. The summed E-state index contributed by atoms with van der Waals surface area (Å²) in [6, 6.07) is 8.87. The Morgan fingerprint density at radius 1 is 0.838 bits per heavy atom. The molecule has 1 amide bonds. The maximum Gasteiger partial charge on any atom is 0.307 e. The van der Waals surface area contributed by atoms with Crippen LogP contribution in [0.2, 0.25) is 0 Å². The predicted molar refractivity (Wildman–Crippen MR) is 130 cm³/mol. The van der Waals surface area contributed by atoms with E-state index in [0.717, 1.165) is 25.3 Å². The van der Waals surface area contributed by atoms with E-state index in [9.17, 15) is 19.2 Å². The molecule has 11 nitrogen and oxygen atoms in total. The van der Waals surface area contributed by atoms with Crippen molar-refractivity contribution < 1.29 is 47.6 Å². The maximum atomic E-state index is 12.0. The first-order valence-corrected chi connectivity index (χ1v) is 12.4. The highest BCUT2D eigenvalue weighted by molar-refractivity contribution is 5.74. The fourth-order valence-electron chi connectivity index (χ4n) is 3.74. The molecular formula is C26H37NO10. The molecule has 1 aliphatic rings. The highest BCUT2D eigenvalue weighted by atomic mass is 16.8. The van der Waals surface area contributed by atoms with Gasteiger partial charge < -0.3 is 33.7 Å². The van der Waals surface area contributed by atoms with Crippen LogP contribution in [0.25, 0.3) is 0 Å². The van der Waals surface area contributed by atoms with Crippen LogP contribution in [0.5, 0.6) is 0 Å². The monoisotopic (exact) mass is 523 g/mol. The Labute approximate surface area is 217 Å². The van der Waals surface area contributed by atoms with E-state index in [4.69, 9.17) is 28.4 Å². The van der Waals surface area contributed by atoms with Gasteiger partial charge in [-0.05, 0) is 24.8 Å². The Kier molecular flexibility index (Phi) is 13.0. The zero-order valence-corrected chi connectivity index (χ0v) is 21.8. The molecule has 206 valence electrons. The molecule has 1 aliphatic heterocycles. The van der Waals surface area contributed by atoms with Crippen LogP contribution in [0.4, 0.5) is 0 Å². The minimum absolute atomic E-state index is 0.0396. The van der Waals surface area contributed by atoms with Gasteiger partial charge in [-0.2, -0.15) is 0 Å². The van der Waals surface area contributed by atoms with Crippen molar-refractivity contribution in [2.75, 3.05) is 13.2 Å². The van der Waals surface area contributed by atoms with Crippen LogP contribution in [0.15, 0.2) is 30.3 Å². The number of nitrogens with one attached hydrogen (secondary N) is 1. The molecule has 0 spiro atoms. The number of carbonyl (C=O) groups excluding carboxylic acids is 4. The number of rotatable bonds is 14. The number of hydrogen-bond donors (Lipinski definition) is 1. The highest BCUT2D eigenvalue weighted by Gasteiger charge is 2.52. The molecule has 0 unspecified atom stereocenters. The third kappa shape index (κ3) is 10.9. The molecule has 11 heteroatoms. The van der Waals surface area contributed by atoms with Gasteiger partial charge in [-0.15, -0.1) is 0 Å². The van der Waals surface area contributed by atoms with Crippen molar-refractivity contribution in [2.45, 2.75) is 90.8 Å². The van der Waals surface area contributed by atoms with E-state index in [-0.39, 0.29) is 13.0 Å². The van der Waals surface area contributed by atoms with Crippen LogP contribution in [0.3, 0.4) is 0 Å². The first-order valence-electron chi connectivity index (χ1n) is 12.4. The normalized spacial score (nSPS) is 23.1. The second-order valence-electron chi connectivity index (χ2n) is 8.56. The van der Waals surface area contributed by atoms with Gasteiger partial charge in [0.2, 0.25) is 18.3 Å². The Hall–Kier alpha value is -3.02. The van der Waals surface area contributed by atoms with E-state index >= 15 is 0 Å². The summed E-state index contributed by atoms with van der Waals surface area (Å²) in [4.78, 5) is 47.6. The van der Waals surface area contributed by atoms with E-state index in [1.54, 1.807) is 6.92 Å². The van der Waals surface area contributed by atoms with E-state index in [2.05, 4.69) is 5.32 Å². The standard InChI is InChI=1S/C26H37NO10/c1-5-21(31)36-26-24(35-19(4)30)23(34-18(3)29)22(27-17(2)28)25(37-26)33-15-11-7-10-14-32-16-20-12-8-6-9-13-20/h6,8-9,12-13,22-26H,5,7,10-11,14-16H2,1-4H3,(H,27,28)/t22-,23-,24-,25-,26+/m1/s1. The van der Waals surface area contributed by atoms with Crippen molar-refractivity contribution in [3.8, 4) is 0 Å². The summed E-state index contributed by atoms with van der Waals surface area (Å²) in [6.07, 6.45) is -2.74. The smallest absolute Gasteiger partial charge is 0.307 e. The molecule has 0 bridgehead atoms. The van der Waals surface area contributed by atoms with Gasteiger partial charge >= 0.3 is 17.9 Å². The summed E-state index contributed by atoms with van der Waals surface area (Å²) in [6.45, 7) is 6.59. The Morgan fingerprint density at radius 3 is 2.11 bits per heavy atom. The quantitative estimate of drug-likeness (QED) is 0.220. The van der Waals surface area contributed by atoms with Gasteiger partial charge in [0.05, 0.1) is 6.61 Å². The zero-order chi connectivity index (χ0) is 27.2. The molecule has 5 atom stereocenters. The van der Waals surface area contributed by atoms with E-state index in [1.807, 2.05) is 30.3 Å². The van der Waals surface area contributed by atoms with Crippen molar-refractivity contribution in [2.24, 2.45) is 0 Å². The van der Waals surface area contributed by atoms with Gasteiger partial charge in [0, 0.05) is 40.4 Å². The SMILES string of the molecule is CCC(=O)O[C@H]1O[C@@H](OCCCCCOCc2ccccc2)[C@H](NC(C)=O)[C@@H](OC(C)=O)[C@H]1OC(C)=O. The van der Waals surface area contributed by atoms with E-state index in [0.29, 0.717) is 19.6 Å². The zero-order valence-electron chi connectivity index (χ0n) is 21.8. The van der Waals surface area contributed by atoms with Crippen LogP contribution in [0.1, 0.15) is 58.9 Å². The minimum atomic E-state index is -1.40. The van der Waals surface area contributed by atoms with E-state index in [1.165, 1.54) is 13.8 Å². The van der Waals surface area contributed by atoms with Gasteiger partial charge in [0.25, 0.3) is 0 Å². The van der Waals surface area contributed by atoms with Crippen LogP contribution in [0, 0.1) is 0 Å². The summed E-state index contributed by atoms with van der Waals surface area (Å²) in [5, 5.41) is 2.64. The first kappa shape index (κ1) is 30.2. The maximum absolute atomic E-state index is 12.0. The lowest BCUT2D eigenvalue weighted by molar-refractivity contribution is -0.322. The van der Waals surface area contributed by atoms with Crippen LogP contribution in [-0.2, 0) is 54.2 Å². The number of amides is 1. The topological polar surface area (TPSA) is 136 Å². The predicted octanol–water partition coefficient (Wildman–Crippen LogP) is 2.39. The van der Waals surface area contributed by atoms with E-state index < -0.39 is 54.6 Å². The molecular weight excluding hydrogens is 486 g/mol. The molecule has 0 aromatic heterocycles. The van der Waals surface area contributed by atoms with Crippen LogP contribution >= 0.6 is 0 Å². The Bertz CT molecular complexity index is 877. The van der Waals surface area contributed by atoms with Crippen molar-refractivity contribution >= 4 is 23.8 Å². The third-order valence-electron chi connectivity index (χ3n) is 5.34. The number of benzene rings is 1. The molecule has 1 saturated heterocycles. The number of esters is 3. The van der Waals surface area contributed by atoms with Crippen LogP contribution in [-0.4, -0.2) is 67.9 Å². The molecule has 1 fully saturated rings. The Morgan fingerprint density at radius 2 is 1.49 bits per heavy atom. The molecule has 1 aromatic rings. The largest absolute Gasteiger partial charge is 0.456 e. The van der Waals surface area contributed by atoms with Crippen molar-refractivity contribution in [1.82, 2.24) is 5.32 Å². The minimum Gasteiger partial charge on any atom is -0.456 e. The van der Waals surface area contributed by atoms with Gasteiger partial charge in [-0.3, -0.25) is 19.2 Å². The lowest BCUT2D eigenvalue weighted by atomic mass is 10.00. The molecule has 0 aliphatic carbocycles. The average Bonchev–Trinajstić information content (AvgIpc) is 2.84. The first-order chi connectivity index (χ1) is 17.7. The van der Waals surface area contributed by atoms with Gasteiger partial charge in [0.15, 0.2) is 12.4 Å². The average molecular weight is 524 g/mol. The van der Waals surface area contributed by atoms with Crippen molar-refractivity contribution in [3.63, 3.8) is 0 Å². The second-order valence-corrected chi connectivity index (χ2v) is 8.56. The summed E-state index contributed by atoms with van der Waals surface area (Å²) >= 11 is 0. The van der Waals surface area contributed by atoms with Crippen molar-refractivity contribution in [1.29, 1.82) is 0 Å². The summed E-state index contributed by atoms with van der Waals surface area (Å²) in [5.74, 6) is -2.45. The molecule has 2 rings (SSSR count). The van der Waals surface area contributed by atoms with Crippen molar-refractivity contribution in [3.05, 3.63) is 35.9 Å². The number of hydrogen-bond acceptors (Lipinski definition) is 10. The molecule has 1 N–H and O–H groups in total. The lowest BCUT2D eigenvalue weighted by Gasteiger charge is -2.44. The summed E-state index contributed by atoms with van der Waals surface area (Å²) < 4.78 is 33.4. The van der Waals surface area contributed by atoms with Gasteiger partial charge in [-0.1, -0.05) is 37.3 Å². The summed E-state index contributed by atoms with van der Waals surface area (Å²) in [7, 11) is 0. The molecule has 0 saturated carbocycles. The highest BCUT2D eigenvalue weighted by Crippen LogP contribution is 2.28. The number of unbranched alkanes of at least 4 members (excludes halogenated alkanes) is 2. The molecule has 37 heavy (non-hydrogen) atoms. The lowest BCUT2D eigenvalue weighted by Crippen LogP contribution is -2.66. The van der Waals surface area contributed by atoms with Gasteiger partial charge in [-0.25, -0.2) is 0 Å². The molecule has 0 radical (unpaired) electrons. The fraction of sp³-hybridized carbons (Fsp3) is 0.615. The number of carbonyl (C=O) groups is 4. The number of ether oxygens (including phenoxy) is 6.